The van der Waals surface area contributed by atoms with Crippen LogP contribution in [-0.2, 0) is 19.6 Å². The summed E-state index contributed by atoms with van der Waals surface area (Å²) in [5.41, 5.74) is 0. The maximum atomic E-state index is 11.6. The predicted octanol–water partition coefficient (Wildman–Crippen LogP) is 1.05. The molecular weight excluding hydrogens is 242 g/mol. The number of hydrogen-bond acceptors (Lipinski definition) is 4. The van der Waals surface area contributed by atoms with Crippen LogP contribution in [-0.4, -0.2) is 33.3 Å². The van der Waals surface area contributed by atoms with Crippen molar-refractivity contribution in [2.24, 2.45) is 5.92 Å². The van der Waals surface area contributed by atoms with Crippen molar-refractivity contribution in [3.05, 3.63) is 0 Å². The van der Waals surface area contributed by atoms with E-state index in [4.69, 9.17) is 0 Å². The van der Waals surface area contributed by atoms with Gasteiger partial charge in [0.1, 0.15) is 0 Å². The lowest BCUT2D eigenvalue weighted by molar-refractivity contribution is -0.140. The van der Waals surface area contributed by atoms with Crippen molar-refractivity contribution in [2.45, 2.75) is 45.1 Å². The van der Waals surface area contributed by atoms with E-state index in [9.17, 15) is 13.2 Å². The van der Waals surface area contributed by atoms with Crippen molar-refractivity contribution in [2.75, 3.05) is 12.9 Å². The average molecular weight is 263 g/mol. The van der Waals surface area contributed by atoms with Crippen LogP contribution in [0.2, 0.25) is 0 Å². The fourth-order valence-electron chi connectivity index (χ4n) is 1.78. The Kier molecular flexibility index (Phi) is 5.39. The van der Waals surface area contributed by atoms with Crippen LogP contribution in [0.3, 0.4) is 0 Å². The van der Waals surface area contributed by atoms with Gasteiger partial charge < -0.3 is 4.74 Å². The average Bonchev–Trinajstić information content (AvgIpc) is 2.99. The molecule has 6 heteroatoms. The number of hydrogen-bond donors (Lipinski definition) is 1. The van der Waals surface area contributed by atoms with Crippen LogP contribution in [0, 0.1) is 5.92 Å². The first-order valence-electron chi connectivity index (χ1n) is 6.00. The largest absolute Gasteiger partial charge is 0.469 e. The van der Waals surface area contributed by atoms with Crippen LogP contribution in [0.5, 0.6) is 0 Å². The van der Waals surface area contributed by atoms with Crippen molar-refractivity contribution in [1.82, 2.24) is 4.72 Å². The number of ether oxygens (including phenoxy) is 1. The van der Waals surface area contributed by atoms with Gasteiger partial charge >= 0.3 is 5.97 Å². The summed E-state index contributed by atoms with van der Waals surface area (Å²) in [4.78, 5) is 10.8. The molecule has 17 heavy (non-hydrogen) atoms. The van der Waals surface area contributed by atoms with Crippen molar-refractivity contribution in [3.63, 3.8) is 0 Å². The normalized spacial score (nSPS) is 17.8. The quantitative estimate of drug-likeness (QED) is 0.664. The Hall–Kier alpha value is -0.620. The van der Waals surface area contributed by atoms with Gasteiger partial charge in [0.05, 0.1) is 12.9 Å². The number of sulfonamides is 1. The molecule has 0 radical (unpaired) electrons. The Morgan fingerprint density at radius 2 is 2.12 bits per heavy atom. The summed E-state index contributed by atoms with van der Waals surface area (Å²) >= 11 is 0. The Balaban J connectivity index is 2.22. The maximum Gasteiger partial charge on any atom is 0.305 e. The van der Waals surface area contributed by atoms with E-state index in [1.807, 2.05) is 6.92 Å². The van der Waals surface area contributed by atoms with Crippen LogP contribution in [0.25, 0.3) is 0 Å². The number of methoxy groups -OCH3 is 1. The Morgan fingerprint density at radius 3 is 2.65 bits per heavy atom. The highest BCUT2D eigenvalue weighted by molar-refractivity contribution is 7.89. The smallest absolute Gasteiger partial charge is 0.305 e. The minimum atomic E-state index is -3.26. The summed E-state index contributed by atoms with van der Waals surface area (Å²) in [6.07, 6.45) is 3.80. The van der Waals surface area contributed by atoms with Crippen molar-refractivity contribution in [1.29, 1.82) is 0 Å². The topological polar surface area (TPSA) is 72.5 Å². The number of carbonyl (C=O) groups excluding carboxylic acids is 1. The molecule has 0 heterocycles. The highest BCUT2D eigenvalue weighted by Gasteiger charge is 2.25. The van der Waals surface area contributed by atoms with Gasteiger partial charge in [-0.05, 0) is 25.7 Å². The van der Waals surface area contributed by atoms with Gasteiger partial charge in [0.2, 0.25) is 10.0 Å². The summed E-state index contributed by atoms with van der Waals surface area (Å²) in [6.45, 7) is 1.89. The number of nitrogens with one attached hydrogen (secondary N) is 1. The zero-order chi connectivity index (χ0) is 12.9. The molecule has 1 aliphatic carbocycles. The van der Waals surface area contributed by atoms with Crippen molar-refractivity contribution >= 4 is 16.0 Å². The van der Waals surface area contributed by atoms with Gasteiger partial charge in [0.15, 0.2) is 0 Å². The molecule has 100 valence electrons. The van der Waals surface area contributed by atoms with Gasteiger partial charge in [0.25, 0.3) is 0 Å². The Labute approximate surface area is 103 Å². The van der Waals surface area contributed by atoms with E-state index >= 15 is 0 Å². The van der Waals surface area contributed by atoms with Gasteiger partial charge in [-0.1, -0.05) is 12.8 Å². The second-order valence-electron chi connectivity index (χ2n) is 4.70. The number of carbonyl (C=O) groups is 1. The first-order valence-corrected chi connectivity index (χ1v) is 7.65. The molecule has 5 nitrogen and oxygen atoms in total. The minimum Gasteiger partial charge on any atom is -0.469 e. The van der Waals surface area contributed by atoms with Gasteiger partial charge in [0, 0.05) is 12.5 Å². The van der Waals surface area contributed by atoms with Crippen LogP contribution in [0.15, 0.2) is 0 Å². The number of rotatable bonds is 8. The van der Waals surface area contributed by atoms with Crippen LogP contribution in [0.1, 0.15) is 39.0 Å². The first-order chi connectivity index (χ1) is 7.93. The van der Waals surface area contributed by atoms with E-state index in [1.54, 1.807) is 0 Å². The second-order valence-corrected chi connectivity index (χ2v) is 6.57. The second kappa shape index (κ2) is 6.35. The summed E-state index contributed by atoms with van der Waals surface area (Å²) in [5.74, 6) is 0.311. The molecule has 0 bridgehead atoms. The van der Waals surface area contributed by atoms with Crippen LogP contribution >= 0.6 is 0 Å². The third-order valence-corrected chi connectivity index (χ3v) is 4.37. The van der Waals surface area contributed by atoms with E-state index in [1.165, 1.54) is 20.0 Å². The molecule has 1 rings (SSSR count). The summed E-state index contributed by atoms with van der Waals surface area (Å²) in [5, 5.41) is 0. The molecule has 0 amide bonds. The molecule has 0 aromatic rings. The van der Waals surface area contributed by atoms with E-state index in [0.29, 0.717) is 12.3 Å². The zero-order valence-electron chi connectivity index (χ0n) is 10.4. The molecule has 1 atom stereocenters. The van der Waals surface area contributed by atoms with Crippen LogP contribution in [0.4, 0.5) is 0 Å². The van der Waals surface area contributed by atoms with Gasteiger partial charge in [-0.15, -0.1) is 0 Å². The van der Waals surface area contributed by atoms with Gasteiger partial charge in [-0.3, -0.25) is 4.79 Å². The molecule has 1 aliphatic rings. The fourth-order valence-corrected chi connectivity index (χ4v) is 3.13. The number of esters is 1. The van der Waals surface area contributed by atoms with Crippen molar-refractivity contribution < 1.29 is 17.9 Å². The highest BCUT2D eigenvalue weighted by atomic mass is 32.2. The standard InChI is InChI=1S/C11H21NO4S/c1-9(8-10-5-6-10)12-17(14,15)7-3-4-11(13)16-2/h9-10,12H,3-8H2,1-2H3. The molecular formula is C11H21NO4S. The fraction of sp³-hybridized carbons (Fsp3) is 0.909. The Bertz CT molecular complexity index is 348. The molecule has 1 N–H and O–H groups in total. The van der Waals surface area contributed by atoms with Crippen molar-refractivity contribution in [3.8, 4) is 0 Å². The molecule has 0 spiro atoms. The first kappa shape index (κ1) is 14.4. The van der Waals surface area contributed by atoms with E-state index in [0.717, 1.165) is 6.42 Å². The SMILES string of the molecule is COC(=O)CCCS(=O)(=O)NC(C)CC1CC1. The molecule has 1 fully saturated rings. The molecule has 1 saturated carbocycles. The monoisotopic (exact) mass is 263 g/mol. The lowest BCUT2D eigenvalue weighted by Gasteiger charge is -2.13. The summed E-state index contributed by atoms with van der Waals surface area (Å²) in [7, 11) is -1.96. The minimum absolute atomic E-state index is 0.00868. The molecule has 1 unspecified atom stereocenters. The zero-order valence-corrected chi connectivity index (χ0v) is 11.3. The lowest BCUT2D eigenvalue weighted by Crippen LogP contribution is -2.34. The Morgan fingerprint density at radius 1 is 1.47 bits per heavy atom. The predicted molar refractivity (Wildman–Crippen MR) is 65.0 cm³/mol. The van der Waals surface area contributed by atoms with Gasteiger partial charge in [-0.2, -0.15) is 0 Å². The summed E-state index contributed by atoms with van der Waals surface area (Å²) < 4.78 is 30.4. The van der Waals surface area contributed by atoms with E-state index in [2.05, 4.69) is 9.46 Å². The van der Waals surface area contributed by atoms with Gasteiger partial charge in [-0.25, -0.2) is 13.1 Å². The maximum absolute atomic E-state index is 11.6. The third-order valence-electron chi connectivity index (χ3n) is 2.79. The molecule has 0 aliphatic heterocycles. The van der Waals surface area contributed by atoms with E-state index < -0.39 is 10.0 Å². The molecule has 0 saturated heterocycles. The highest BCUT2D eigenvalue weighted by Crippen LogP contribution is 2.33. The lowest BCUT2D eigenvalue weighted by atomic mass is 10.2. The molecule has 0 aromatic heterocycles. The summed E-state index contributed by atoms with van der Waals surface area (Å²) in [6, 6.07) is -0.00868. The van der Waals surface area contributed by atoms with Crippen LogP contribution < -0.4 is 4.72 Å². The third kappa shape index (κ3) is 6.63. The van der Waals surface area contributed by atoms with E-state index in [-0.39, 0.29) is 24.2 Å². The molecule has 0 aromatic carbocycles.